The number of nitrogens with one attached hydrogen (secondary N) is 1. The molecule has 0 aliphatic heterocycles. The Morgan fingerprint density at radius 2 is 1.92 bits per heavy atom. The van der Waals surface area contributed by atoms with Crippen LogP contribution in [0.25, 0.3) is 11.3 Å². The Labute approximate surface area is 157 Å². The highest BCUT2D eigenvalue weighted by atomic mass is 79.9. The lowest BCUT2D eigenvalue weighted by Gasteiger charge is -2.10. The highest BCUT2D eigenvalue weighted by Gasteiger charge is 2.09. The molecular weight excluding hydrogens is 401 g/mol. The van der Waals surface area contributed by atoms with Crippen molar-refractivity contribution in [3.63, 3.8) is 0 Å². The van der Waals surface area contributed by atoms with Gasteiger partial charge in [-0.05, 0) is 55.0 Å². The van der Waals surface area contributed by atoms with Crippen molar-refractivity contribution in [2.75, 3.05) is 5.32 Å². The van der Waals surface area contributed by atoms with Crippen molar-refractivity contribution in [2.24, 2.45) is 0 Å². The number of benzene rings is 2. The molecule has 5 nitrogen and oxygen atoms in total. The van der Waals surface area contributed by atoms with E-state index in [-0.39, 0.29) is 23.8 Å². The molecule has 0 spiro atoms. The highest BCUT2D eigenvalue weighted by molar-refractivity contribution is 9.10. The molecule has 0 saturated carbocycles. The molecule has 2 aromatic carbocycles. The van der Waals surface area contributed by atoms with Crippen molar-refractivity contribution in [3.05, 3.63) is 81.1 Å². The van der Waals surface area contributed by atoms with Gasteiger partial charge in [-0.2, -0.15) is 0 Å². The van der Waals surface area contributed by atoms with E-state index in [4.69, 9.17) is 0 Å². The summed E-state index contributed by atoms with van der Waals surface area (Å²) < 4.78 is 15.1. The molecule has 1 N–H and O–H groups in total. The third-order valence-electron chi connectivity index (χ3n) is 3.80. The van der Waals surface area contributed by atoms with Crippen molar-refractivity contribution >= 4 is 27.5 Å². The fourth-order valence-electron chi connectivity index (χ4n) is 2.43. The van der Waals surface area contributed by atoms with Crippen LogP contribution in [-0.2, 0) is 11.3 Å². The lowest BCUT2D eigenvalue weighted by atomic mass is 10.1. The van der Waals surface area contributed by atoms with Gasteiger partial charge in [-0.25, -0.2) is 9.37 Å². The molecule has 1 heterocycles. The quantitative estimate of drug-likeness (QED) is 0.705. The normalized spacial score (nSPS) is 10.6. The van der Waals surface area contributed by atoms with Crippen LogP contribution in [0.2, 0.25) is 0 Å². The molecule has 0 fully saturated rings. The van der Waals surface area contributed by atoms with Crippen LogP contribution in [0.15, 0.2) is 64.1 Å². The summed E-state index contributed by atoms with van der Waals surface area (Å²) in [4.78, 5) is 28.6. The van der Waals surface area contributed by atoms with Crippen molar-refractivity contribution < 1.29 is 9.18 Å². The molecule has 7 heteroatoms. The largest absolute Gasteiger partial charge is 0.324 e. The van der Waals surface area contributed by atoms with Crippen molar-refractivity contribution in [1.29, 1.82) is 0 Å². The Bertz CT molecular complexity index is 1020. The first-order chi connectivity index (χ1) is 12.4. The van der Waals surface area contributed by atoms with E-state index in [1.165, 1.54) is 29.1 Å². The van der Waals surface area contributed by atoms with E-state index in [0.717, 1.165) is 10.0 Å². The van der Waals surface area contributed by atoms with Gasteiger partial charge in [0.1, 0.15) is 12.4 Å². The topological polar surface area (TPSA) is 64.0 Å². The summed E-state index contributed by atoms with van der Waals surface area (Å²) in [5, 5.41) is 2.78. The average molecular weight is 416 g/mol. The first-order valence-electron chi connectivity index (χ1n) is 7.81. The first-order valence-corrected chi connectivity index (χ1v) is 8.60. The van der Waals surface area contributed by atoms with E-state index in [0.29, 0.717) is 16.9 Å². The minimum absolute atomic E-state index is 0.148. The second kappa shape index (κ2) is 7.61. The number of aromatic nitrogens is 2. The third kappa shape index (κ3) is 4.23. The predicted octanol–water partition coefficient (Wildman–Crippen LogP) is 3.76. The molecule has 0 saturated heterocycles. The van der Waals surface area contributed by atoms with Gasteiger partial charge in [-0.15, -0.1) is 0 Å². The molecule has 0 unspecified atom stereocenters. The zero-order chi connectivity index (χ0) is 18.7. The van der Waals surface area contributed by atoms with Crippen LogP contribution in [0.1, 0.15) is 5.56 Å². The highest BCUT2D eigenvalue weighted by Crippen LogP contribution is 2.20. The maximum atomic E-state index is 13.0. The van der Waals surface area contributed by atoms with Gasteiger partial charge >= 0.3 is 0 Å². The van der Waals surface area contributed by atoms with Crippen LogP contribution in [-0.4, -0.2) is 15.5 Å². The van der Waals surface area contributed by atoms with E-state index in [2.05, 4.69) is 26.2 Å². The Kier molecular flexibility index (Phi) is 5.27. The van der Waals surface area contributed by atoms with Gasteiger partial charge in [0, 0.05) is 21.8 Å². The standard InChI is InChI=1S/C19H15BrFN3O2/c1-12-8-14(20)4-7-16(12)23-18(25)10-24-11-22-17(9-19(24)26)13-2-5-15(21)6-3-13/h2-9,11H,10H2,1H3,(H,23,25). The van der Waals surface area contributed by atoms with E-state index in [1.807, 2.05) is 19.1 Å². The Morgan fingerprint density at radius 3 is 2.58 bits per heavy atom. The van der Waals surface area contributed by atoms with E-state index < -0.39 is 0 Å². The number of halogens is 2. The summed E-state index contributed by atoms with van der Waals surface area (Å²) in [6.07, 6.45) is 1.31. The average Bonchev–Trinajstić information content (AvgIpc) is 2.60. The lowest BCUT2D eigenvalue weighted by molar-refractivity contribution is -0.116. The van der Waals surface area contributed by atoms with Gasteiger partial charge in [0.15, 0.2) is 0 Å². The summed E-state index contributed by atoms with van der Waals surface area (Å²) in [7, 11) is 0. The van der Waals surface area contributed by atoms with Gasteiger partial charge in [0.2, 0.25) is 5.91 Å². The molecule has 0 aliphatic carbocycles. The maximum absolute atomic E-state index is 13.0. The van der Waals surface area contributed by atoms with Crippen molar-refractivity contribution in [3.8, 4) is 11.3 Å². The van der Waals surface area contributed by atoms with E-state index >= 15 is 0 Å². The molecule has 3 aromatic rings. The minimum atomic E-state index is -0.359. The fourth-order valence-corrected chi connectivity index (χ4v) is 2.91. The first kappa shape index (κ1) is 18.0. The Hall–Kier alpha value is -2.80. The zero-order valence-electron chi connectivity index (χ0n) is 13.9. The van der Waals surface area contributed by atoms with Gasteiger partial charge in [-0.3, -0.25) is 14.2 Å². The van der Waals surface area contributed by atoms with Crippen molar-refractivity contribution in [2.45, 2.75) is 13.5 Å². The van der Waals surface area contributed by atoms with Crippen LogP contribution < -0.4 is 10.9 Å². The zero-order valence-corrected chi connectivity index (χ0v) is 15.5. The van der Waals surface area contributed by atoms with Crippen LogP contribution >= 0.6 is 15.9 Å². The second-order valence-corrected chi connectivity index (χ2v) is 6.67. The number of rotatable bonds is 4. The molecule has 1 amide bonds. The summed E-state index contributed by atoms with van der Waals surface area (Å²) in [6.45, 7) is 1.73. The van der Waals surface area contributed by atoms with Crippen LogP contribution in [0.4, 0.5) is 10.1 Å². The number of carbonyl (C=O) groups excluding carboxylic acids is 1. The van der Waals surface area contributed by atoms with E-state index in [1.54, 1.807) is 18.2 Å². The molecule has 3 rings (SSSR count). The molecule has 0 radical (unpaired) electrons. The van der Waals surface area contributed by atoms with Gasteiger partial charge < -0.3 is 5.32 Å². The van der Waals surface area contributed by atoms with E-state index in [9.17, 15) is 14.0 Å². The van der Waals surface area contributed by atoms with Gasteiger partial charge in [0.25, 0.3) is 5.56 Å². The second-order valence-electron chi connectivity index (χ2n) is 5.75. The van der Waals surface area contributed by atoms with Crippen LogP contribution in [0.3, 0.4) is 0 Å². The SMILES string of the molecule is Cc1cc(Br)ccc1NC(=O)Cn1cnc(-c2ccc(F)cc2)cc1=O. The molecule has 132 valence electrons. The Balaban J connectivity index is 1.74. The molecule has 0 aliphatic rings. The molecule has 0 atom stereocenters. The third-order valence-corrected chi connectivity index (χ3v) is 4.29. The lowest BCUT2D eigenvalue weighted by Crippen LogP contribution is -2.27. The number of amides is 1. The smallest absolute Gasteiger partial charge is 0.254 e. The Morgan fingerprint density at radius 1 is 1.19 bits per heavy atom. The number of hydrogen-bond donors (Lipinski definition) is 1. The number of anilines is 1. The summed E-state index contributed by atoms with van der Waals surface area (Å²) >= 11 is 3.37. The van der Waals surface area contributed by atoms with Gasteiger partial charge in [-0.1, -0.05) is 15.9 Å². The monoisotopic (exact) mass is 415 g/mol. The molecule has 0 bridgehead atoms. The fraction of sp³-hybridized carbons (Fsp3) is 0.105. The van der Waals surface area contributed by atoms with Crippen LogP contribution in [0, 0.1) is 12.7 Å². The molecule has 1 aromatic heterocycles. The number of carbonyl (C=O) groups is 1. The number of aryl methyl sites for hydroxylation is 1. The minimum Gasteiger partial charge on any atom is -0.324 e. The van der Waals surface area contributed by atoms with Crippen molar-refractivity contribution in [1.82, 2.24) is 9.55 Å². The van der Waals surface area contributed by atoms with Crippen LogP contribution in [0.5, 0.6) is 0 Å². The summed E-state index contributed by atoms with van der Waals surface area (Å²) in [6, 6.07) is 12.5. The maximum Gasteiger partial charge on any atom is 0.254 e. The van der Waals surface area contributed by atoms with Gasteiger partial charge in [0.05, 0.1) is 12.0 Å². The summed E-state index contributed by atoms with van der Waals surface area (Å²) in [5.41, 5.74) is 2.29. The summed E-state index contributed by atoms with van der Waals surface area (Å²) in [5.74, 6) is -0.684. The number of nitrogens with zero attached hydrogens (tertiary/aromatic N) is 2. The molecule has 26 heavy (non-hydrogen) atoms. The molecular formula is C19H15BrFN3O2. The predicted molar refractivity (Wildman–Crippen MR) is 101 cm³/mol. The number of hydrogen-bond acceptors (Lipinski definition) is 3.